The highest BCUT2D eigenvalue weighted by Crippen LogP contribution is 2.41. The third-order valence-electron chi connectivity index (χ3n) is 3.69. The van der Waals surface area contributed by atoms with E-state index >= 15 is 0 Å². The van der Waals surface area contributed by atoms with E-state index in [9.17, 15) is 35.9 Å². The molecule has 0 aromatic rings. The molecule has 2 atom stereocenters. The zero-order chi connectivity index (χ0) is 21.1. The van der Waals surface area contributed by atoms with Crippen LogP contribution in [0.3, 0.4) is 0 Å². The standard InChI is InChI=1S/C14H26F6N2O2Si2/c1-25(2,3)9(11(23)21-7-13(15,16)17)10(26(4,5)6)12(24)22-8-14(18,19)20/h9-10H,7-8H2,1-6H3,(H,21,23)(H,22,24)/t9-,10+. The Morgan fingerprint density at radius 2 is 0.923 bits per heavy atom. The first-order valence-corrected chi connectivity index (χ1v) is 15.1. The summed E-state index contributed by atoms with van der Waals surface area (Å²) in [5, 5.41) is 3.60. The fraction of sp³-hybridized carbons (Fsp3) is 0.857. The van der Waals surface area contributed by atoms with Crippen molar-refractivity contribution < 1.29 is 35.9 Å². The van der Waals surface area contributed by atoms with Crippen molar-refractivity contribution in [1.82, 2.24) is 10.6 Å². The van der Waals surface area contributed by atoms with E-state index in [0.717, 1.165) is 0 Å². The fourth-order valence-electron chi connectivity index (χ4n) is 2.68. The highest BCUT2D eigenvalue weighted by atomic mass is 28.3. The van der Waals surface area contributed by atoms with Crippen molar-refractivity contribution in [2.45, 2.75) is 62.7 Å². The van der Waals surface area contributed by atoms with E-state index in [1.165, 1.54) is 0 Å². The summed E-state index contributed by atoms with van der Waals surface area (Å²) in [5.41, 5.74) is -2.13. The summed E-state index contributed by atoms with van der Waals surface area (Å²) < 4.78 is 74.5. The van der Waals surface area contributed by atoms with Gasteiger partial charge >= 0.3 is 12.4 Å². The van der Waals surface area contributed by atoms with Gasteiger partial charge < -0.3 is 10.6 Å². The Bertz CT molecular complexity index is 464. The third kappa shape index (κ3) is 9.05. The number of carbonyl (C=O) groups is 2. The molecule has 0 bridgehead atoms. The van der Waals surface area contributed by atoms with Gasteiger partial charge in [-0.1, -0.05) is 39.3 Å². The summed E-state index contributed by atoms with van der Waals surface area (Å²) in [4.78, 5) is 24.9. The van der Waals surface area contributed by atoms with Gasteiger partial charge in [-0.05, 0) is 0 Å². The highest BCUT2D eigenvalue weighted by Gasteiger charge is 2.49. The molecule has 0 aromatic carbocycles. The molecule has 0 aliphatic carbocycles. The summed E-state index contributed by atoms with van der Waals surface area (Å²) >= 11 is 0. The first-order chi connectivity index (χ1) is 11.3. The van der Waals surface area contributed by atoms with Crippen molar-refractivity contribution in [3.05, 3.63) is 0 Å². The lowest BCUT2D eigenvalue weighted by atomic mass is 10.2. The molecule has 0 aliphatic rings. The molecular formula is C14H26F6N2O2Si2. The van der Waals surface area contributed by atoms with Crippen LogP contribution in [0.25, 0.3) is 0 Å². The van der Waals surface area contributed by atoms with Crippen LogP contribution in [0.2, 0.25) is 50.4 Å². The molecule has 0 unspecified atom stereocenters. The minimum absolute atomic E-state index is 0.934. The van der Waals surface area contributed by atoms with Crippen molar-refractivity contribution in [2.75, 3.05) is 13.1 Å². The summed E-state index contributed by atoms with van der Waals surface area (Å²) in [5.74, 6) is -1.87. The van der Waals surface area contributed by atoms with E-state index in [1.807, 2.05) is 0 Å². The lowest BCUT2D eigenvalue weighted by molar-refractivity contribution is -0.141. The minimum atomic E-state index is -4.62. The second-order valence-electron chi connectivity index (χ2n) is 8.35. The average Bonchev–Trinajstić information content (AvgIpc) is 2.34. The SMILES string of the molecule is C[Si](C)(C)[C@H](C(=O)NCC(F)(F)F)[C@H](C(=O)NCC(F)(F)F)[Si](C)(C)C. The fourth-order valence-corrected chi connectivity index (χ4v) is 9.76. The normalized spacial score (nSPS) is 16.0. The number of nitrogens with one attached hydrogen (secondary N) is 2. The Kier molecular flexibility index (Phi) is 7.98. The number of alkyl halides is 6. The van der Waals surface area contributed by atoms with Crippen LogP contribution in [0.15, 0.2) is 0 Å². The largest absolute Gasteiger partial charge is 0.405 e. The van der Waals surface area contributed by atoms with Crippen molar-refractivity contribution in [2.24, 2.45) is 0 Å². The maximum absolute atomic E-state index is 12.5. The van der Waals surface area contributed by atoms with Gasteiger partial charge in [0.15, 0.2) is 0 Å². The van der Waals surface area contributed by atoms with Gasteiger partial charge in [-0.3, -0.25) is 9.59 Å². The molecule has 0 aromatic heterocycles. The van der Waals surface area contributed by atoms with Crippen LogP contribution >= 0.6 is 0 Å². The second kappa shape index (κ2) is 8.32. The predicted octanol–water partition coefficient (Wildman–Crippen LogP) is 3.76. The second-order valence-corrected chi connectivity index (χ2v) is 19.1. The van der Waals surface area contributed by atoms with E-state index in [1.54, 1.807) is 49.9 Å². The lowest BCUT2D eigenvalue weighted by Crippen LogP contribution is -2.54. The molecule has 154 valence electrons. The summed E-state index contributed by atoms with van der Waals surface area (Å²) in [6.45, 7) is 7.13. The number of rotatable bonds is 7. The van der Waals surface area contributed by atoms with Gasteiger partial charge in [-0.25, -0.2) is 0 Å². The van der Waals surface area contributed by atoms with Gasteiger partial charge in [-0.15, -0.1) is 0 Å². The number of amides is 2. The number of carbonyl (C=O) groups excluding carboxylic acids is 2. The molecule has 0 aliphatic heterocycles. The third-order valence-corrected chi connectivity index (χ3v) is 8.95. The molecule has 0 rings (SSSR count). The van der Waals surface area contributed by atoms with Gasteiger partial charge in [0.25, 0.3) is 0 Å². The van der Waals surface area contributed by atoms with Crippen LogP contribution in [-0.2, 0) is 9.59 Å². The predicted molar refractivity (Wildman–Crippen MR) is 92.3 cm³/mol. The zero-order valence-corrected chi connectivity index (χ0v) is 17.7. The van der Waals surface area contributed by atoms with Crippen molar-refractivity contribution in [3.8, 4) is 0 Å². The molecule has 4 nitrogen and oxygen atoms in total. The molecule has 0 spiro atoms. The van der Waals surface area contributed by atoms with Crippen LogP contribution in [0.5, 0.6) is 0 Å². The molecule has 26 heavy (non-hydrogen) atoms. The molecule has 0 radical (unpaired) electrons. The van der Waals surface area contributed by atoms with E-state index in [2.05, 4.69) is 0 Å². The summed E-state index contributed by atoms with van der Waals surface area (Å²) in [7, 11) is -5.09. The van der Waals surface area contributed by atoms with Crippen molar-refractivity contribution in [1.29, 1.82) is 0 Å². The van der Waals surface area contributed by atoms with Crippen molar-refractivity contribution in [3.63, 3.8) is 0 Å². The highest BCUT2D eigenvalue weighted by molar-refractivity contribution is 6.87. The van der Waals surface area contributed by atoms with Gasteiger partial charge in [0.1, 0.15) is 13.1 Å². The molecule has 12 heteroatoms. The van der Waals surface area contributed by atoms with E-state index in [0.29, 0.717) is 0 Å². The Balaban J connectivity index is 5.72. The molecule has 0 saturated heterocycles. The monoisotopic (exact) mass is 424 g/mol. The first kappa shape index (κ1) is 25.0. The maximum Gasteiger partial charge on any atom is 0.405 e. The molecule has 0 heterocycles. The Hall–Kier alpha value is -1.05. The zero-order valence-electron chi connectivity index (χ0n) is 15.7. The lowest BCUT2D eigenvalue weighted by Gasteiger charge is -2.40. The number of hydrogen-bond donors (Lipinski definition) is 2. The summed E-state index contributed by atoms with van der Waals surface area (Å²) in [6, 6.07) is 0. The molecule has 0 saturated carbocycles. The Morgan fingerprint density at radius 1 is 0.692 bits per heavy atom. The van der Waals surface area contributed by atoms with Gasteiger partial charge in [0.2, 0.25) is 11.8 Å². The number of hydrogen-bond acceptors (Lipinski definition) is 2. The van der Waals surface area contributed by atoms with E-state index in [4.69, 9.17) is 0 Å². The molecular weight excluding hydrogens is 398 g/mol. The van der Waals surface area contributed by atoms with Gasteiger partial charge in [0.05, 0.1) is 16.1 Å². The molecule has 2 amide bonds. The van der Waals surface area contributed by atoms with Gasteiger partial charge in [-0.2, -0.15) is 26.3 Å². The quantitative estimate of drug-likeness (QED) is 0.483. The smallest absolute Gasteiger partial charge is 0.347 e. The first-order valence-electron chi connectivity index (χ1n) is 7.94. The maximum atomic E-state index is 12.5. The van der Waals surface area contributed by atoms with E-state index < -0.39 is 64.5 Å². The van der Waals surface area contributed by atoms with Crippen molar-refractivity contribution >= 4 is 28.0 Å². The van der Waals surface area contributed by atoms with Gasteiger partial charge in [0, 0.05) is 11.1 Å². The summed E-state index contributed by atoms with van der Waals surface area (Å²) in [6.07, 6.45) is -9.24. The van der Waals surface area contributed by atoms with Crippen LogP contribution in [0, 0.1) is 0 Å². The Morgan fingerprint density at radius 3 is 1.08 bits per heavy atom. The van der Waals surface area contributed by atoms with Crippen LogP contribution in [0.1, 0.15) is 0 Å². The topological polar surface area (TPSA) is 58.2 Å². The minimum Gasteiger partial charge on any atom is -0.347 e. The van der Waals surface area contributed by atoms with Crippen LogP contribution < -0.4 is 10.6 Å². The number of halogens is 6. The van der Waals surface area contributed by atoms with Crippen LogP contribution in [0.4, 0.5) is 26.3 Å². The van der Waals surface area contributed by atoms with E-state index in [-0.39, 0.29) is 0 Å². The Labute approximate surface area is 151 Å². The molecule has 0 fully saturated rings. The average molecular weight is 425 g/mol. The molecule has 2 N–H and O–H groups in total. The van der Waals surface area contributed by atoms with Crippen LogP contribution in [-0.4, -0.2) is 53.4 Å².